The number of aliphatic hydroxyl groups is 1. The van der Waals surface area contributed by atoms with Gasteiger partial charge in [-0.2, -0.15) is 0 Å². The average molecular weight is 462 g/mol. The van der Waals surface area contributed by atoms with Gasteiger partial charge in [0.2, 0.25) is 6.29 Å². The van der Waals surface area contributed by atoms with E-state index in [-0.39, 0.29) is 17.7 Å². The van der Waals surface area contributed by atoms with Crippen LogP contribution >= 0.6 is 0 Å². The van der Waals surface area contributed by atoms with E-state index in [1.54, 1.807) is 91.0 Å². The third-order valence-electron chi connectivity index (χ3n) is 5.17. The molecule has 1 aliphatic heterocycles. The van der Waals surface area contributed by atoms with Crippen molar-refractivity contribution in [2.75, 3.05) is 6.61 Å². The van der Waals surface area contributed by atoms with Crippen molar-refractivity contribution in [2.45, 2.75) is 24.6 Å². The largest absolute Gasteiger partial charge is 0.459 e. The summed E-state index contributed by atoms with van der Waals surface area (Å²) in [6, 6.07) is 24.7. The standard InChI is InChI=1S/C26H22O8/c27-21-20(16-31-23(28)17-10-4-1-5-11-17)32-26(34-25(30)19-14-8-3-9-15-19)22(21)33-24(29)18-12-6-2-7-13-18/h1-15,20-22,26-27H,16H2/t20-,21-,22-,26?/m1/s1. The average Bonchev–Trinajstić information content (AvgIpc) is 3.17. The van der Waals surface area contributed by atoms with E-state index in [9.17, 15) is 19.5 Å². The number of hydrogen-bond acceptors (Lipinski definition) is 8. The summed E-state index contributed by atoms with van der Waals surface area (Å²) in [6.45, 7) is -0.340. The van der Waals surface area contributed by atoms with Crippen LogP contribution in [0.1, 0.15) is 31.1 Å². The molecule has 1 fully saturated rings. The molecule has 0 spiro atoms. The monoisotopic (exact) mass is 462 g/mol. The Morgan fingerprint density at radius 3 is 1.62 bits per heavy atom. The SMILES string of the molecule is O=C(OC[C@H]1OC(OC(=O)c2ccccc2)[C@H](OC(=O)c2ccccc2)[C@@H]1O)c1ccccc1. The van der Waals surface area contributed by atoms with Crippen molar-refractivity contribution < 1.29 is 38.4 Å². The van der Waals surface area contributed by atoms with Gasteiger partial charge in [-0.25, -0.2) is 14.4 Å². The molecule has 4 atom stereocenters. The third-order valence-corrected chi connectivity index (χ3v) is 5.17. The van der Waals surface area contributed by atoms with E-state index in [4.69, 9.17) is 18.9 Å². The molecule has 0 aliphatic carbocycles. The van der Waals surface area contributed by atoms with Crippen LogP contribution in [0.15, 0.2) is 91.0 Å². The Morgan fingerprint density at radius 2 is 1.12 bits per heavy atom. The van der Waals surface area contributed by atoms with Crippen molar-refractivity contribution in [3.63, 3.8) is 0 Å². The Kier molecular flexibility index (Phi) is 7.31. The molecule has 4 rings (SSSR count). The zero-order valence-electron chi connectivity index (χ0n) is 18.0. The van der Waals surface area contributed by atoms with E-state index in [0.717, 1.165) is 0 Å². The van der Waals surface area contributed by atoms with E-state index in [2.05, 4.69) is 0 Å². The normalized spacial score (nSPS) is 21.4. The smallest absolute Gasteiger partial charge is 0.340 e. The summed E-state index contributed by atoms with van der Waals surface area (Å²) in [4.78, 5) is 37.4. The highest BCUT2D eigenvalue weighted by atomic mass is 16.7. The lowest BCUT2D eigenvalue weighted by Gasteiger charge is -2.20. The highest BCUT2D eigenvalue weighted by Gasteiger charge is 2.49. The van der Waals surface area contributed by atoms with Gasteiger partial charge in [0.15, 0.2) is 6.10 Å². The van der Waals surface area contributed by atoms with Gasteiger partial charge in [0.05, 0.1) is 16.7 Å². The van der Waals surface area contributed by atoms with Crippen LogP contribution in [-0.2, 0) is 18.9 Å². The molecule has 0 saturated carbocycles. The molecule has 0 aromatic heterocycles. The number of esters is 3. The number of aliphatic hydroxyl groups excluding tert-OH is 1. The van der Waals surface area contributed by atoms with Crippen LogP contribution in [0.3, 0.4) is 0 Å². The second-order valence-electron chi connectivity index (χ2n) is 7.51. The number of hydrogen-bond donors (Lipinski definition) is 1. The summed E-state index contributed by atoms with van der Waals surface area (Å²) >= 11 is 0. The van der Waals surface area contributed by atoms with Crippen molar-refractivity contribution in [3.8, 4) is 0 Å². The van der Waals surface area contributed by atoms with Crippen molar-refractivity contribution in [1.82, 2.24) is 0 Å². The van der Waals surface area contributed by atoms with Crippen molar-refractivity contribution in [1.29, 1.82) is 0 Å². The minimum Gasteiger partial charge on any atom is -0.459 e. The van der Waals surface area contributed by atoms with Gasteiger partial charge < -0.3 is 24.1 Å². The summed E-state index contributed by atoms with van der Waals surface area (Å²) in [5.74, 6) is -2.06. The van der Waals surface area contributed by atoms with Crippen molar-refractivity contribution in [2.24, 2.45) is 0 Å². The van der Waals surface area contributed by atoms with Crippen LogP contribution in [0.4, 0.5) is 0 Å². The van der Waals surface area contributed by atoms with Crippen molar-refractivity contribution in [3.05, 3.63) is 108 Å². The Balaban J connectivity index is 1.47. The van der Waals surface area contributed by atoms with E-state index < -0.39 is 42.5 Å². The molecule has 1 saturated heterocycles. The Bertz CT molecular complexity index is 1120. The zero-order chi connectivity index (χ0) is 23.9. The summed E-state index contributed by atoms with van der Waals surface area (Å²) in [5, 5.41) is 10.8. The third kappa shape index (κ3) is 5.48. The topological polar surface area (TPSA) is 108 Å². The first-order valence-electron chi connectivity index (χ1n) is 10.6. The molecule has 3 aromatic carbocycles. The van der Waals surface area contributed by atoms with Gasteiger partial charge in [-0.3, -0.25) is 0 Å². The van der Waals surface area contributed by atoms with Gasteiger partial charge in [0, 0.05) is 0 Å². The van der Waals surface area contributed by atoms with Gasteiger partial charge in [0.1, 0.15) is 18.8 Å². The van der Waals surface area contributed by atoms with Crippen LogP contribution < -0.4 is 0 Å². The molecule has 0 amide bonds. The number of carbonyl (C=O) groups is 3. The summed E-state index contributed by atoms with van der Waals surface area (Å²) in [7, 11) is 0. The maximum Gasteiger partial charge on any atom is 0.340 e. The molecule has 3 aromatic rings. The van der Waals surface area contributed by atoms with Gasteiger partial charge >= 0.3 is 17.9 Å². The molecule has 1 unspecified atom stereocenters. The predicted octanol–water partition coefficient (Wildman–Crippen LogP) is 3.01. The Morgan fingerprint density at radius 1 is 0.676 bits per heavy atom. The highest BCUT2D eigenvalue weighted by molar-refractivity contribution is 5.90. The van der Waals surface area contributed by atoms with Crippen molar-refractivity contribution >= 4 is 17.9 Å². The predicted molar refractivity (Wildman–Crippen MR) is 119 cm³/mol. The quantitative estimate of drug-likeness (QED) is 0.422. The fourth-order valence-electron chi connectivity index (χ4n) is 3.39. The Hall–Kier alpha value is -4.01. The number of benzene rings is 3. The summed E-state index contributed by atoms with van der Waals surface area (Å²) < 4.78 is 21.8. The second kappa shape index (κ2) is 10.7. The molecule has 34 heavy (non-hydrogen) atoms. The molecule has 8 heteroatoms. The maximum atomic E-state index is 12.6. The summed E-state index contributed by atoms with van der Waals surface area (Å²) in [5.41, 5.74) is 0.837. The van der Waals surface area contributed by atoms with Gasteiger partial charge in [-0.15, -0.1) is 0 Å². The maximum absolute atomic E-state index is 12.6. The molecule has 174 valence electrons. The number of rotatable bonds is 7. The molecule has 0 bridgehead atoms. The molecule has 8 nitrogen and oxygen atoms in total. The fourth-order valence-corrected chi connectivity index (χ4v) is 3.39. The Labute approximate surface area is 195 Å². The van der Waals surface area contributed by atoms with Crippen LogP contribution in [0, 0.1) is 0 Å². The number of ether oxygens (including phenoxy) is 4. The zero-order valence-corrected chi connectivity index (χ0v) is 18.0. The first-order valence-corrected chi connectivity index (χ1v) is 10.6. The lowest BCUT2D eigenvalue weighted by atomic mass is 10.1. The molecular weight excluding hydrogens is 440 g/mol. The molecule has 1 heterocycles. The van der Waals surface area contributed by atoms with E-state index in [1.165, 1.54) is 0 Å². The molecular formula is C26H22O8. The first kappa shape index (κ1) is 23.2. The minimum atomic E-state index is -1.41. The highest BCUT2D eigenvalue weighted by Crippen LogP contribution is 2.27. The first-order chi connectivity index (χ1) is 16.5. The van der Waals surface area contributed by atoms with E-state index in [1.807, 2.05) is 0 Å². The molecule has 0 radical (unpaired) electrons. The van der Waals surface area contributed by atoms with Crippen LogP contribution in [0.2, 0.25) is 0 Å². The van der Waals surface area contributed by atoms with Gasteiger partial charge in [-0.05, 0) is 36.4 Å². The van der Waals surface area contributed by atoms with Gasteiger partial charge in [-0.1, -0.05) is 54.6 Å². The summed E-state index contributed by atoms with van der Waals surface area (Å²) in [6.07, 6.45) is -5.24. The molecule has 1 N–H and O–H groups in total. The molecule has 1 aliphatic rings. The lowest BCUT2D eigenvalue weighted by Crippen LogP contribution is -2.39. The minimum absolute atomic E-state index is 0.252. The fraction of sp³-hybridized carbons (Fsp3) is 0.192. The van der Waals surface area contributed by atoms with Crippen LogP contribution in [-0.4, -0.2) is 54.2 Å². The van der Waals surface area contributed by atoms with E-state index in [0.29, 0.717) is 5.56 Å². The van der Waals surface area contributed by atoms with Gasteiger partial charge in [0.25, 0.3) is 0 Å². The second-order valence-corrected chi connectivity index (χ2v) is 7.51. The number of carbonyl (C=O) groups excluding carboxylic acids is 3. The lowest BCUT2D eigenvalue weighted by molar-refractivity contribution is -0.141. The van der Waals surface area contributed by atoms with E-state index >= 15 is 0 Å². The van der Waals surface area contributed by atoms with Crippen LogP contribution in [0.5, 0.6) is 0 Å². The van der Waals surface area contributed by atoms with Crippen LogP contribution in [0.25, 0.3) is 0 Å².